The average molecular weight is 352 g/mol. The summed E-state index contributed by atoms with van der Waals surface area (Å²) in [5.74, 6) is 0.318. The fourth-order valence-corrected chi connectivity index (χ4v) is 3.93. The number of amides is 1. The smallest absolute Gasteiger partial charge is 0.256 e. The summed E-state index contributed by atoms with van der Waals surface area (Å²) in [5, 5.41) is 18.9. The number of thiophene rings is 1. The van der Waals surface area contributed by atoms with Gasteiger partial charge in [-0.15, -0.1) is 11.3 Å². The minimum Gasteiger partial charge on any atom is -0.504 e. The van der Waals surface area contributed by atoms with Gasteiger partial charge in [-0.2, -0.15) is 0 Å². The van der Waals surface area contributed by atoms with Gasteiger partial charge in [0.15, 0.2) is 11.5 Å². The van der Waals surface area contributed by atoms with Crippen LogP contribution in [0, 0.1) is 0 Å². The van der Waals surface area contributed by atoms with E-state index < -0.39 is 0 Å². The van der Waals surface area contributed by atoms with E-state index >= 15 is 0 Å². The van der Waals surface area contributed by atoms with Crippen LogP contribution < -0.4 is 15.4 Å². The number of phenolic OH excluding ortho intramolecular Hbond substituents is 1. The van der Waals surface area contributed by atoms with Crippen LogP contribution in [0.5, 0.6) is 11.5 Å². The van der Waals surface area contributed by atoms with Crippen molar-refractivity contribution >= 4 is 22.2 Å². The zero-order chi connectivity index (χ0) is 17.4. The van der Waals surface area contributed by atoms with Crippen LogP contribution in [0.4, 0.5) is 5.00 Å². The largest absolute Gasteiger partial charge is 0.504 e. The predicted molar refractivity (Wildman–Crippen MR) is 98.2 cm³/mol. The Balaban J connectivity index is 1.69. The molecule has 1 aliphatic rings. The van der Waals surface area contributed by atoms with Gasteiger partial charge in [-0.05, 0) is 23.3 Å². The molecule has 3 N–H and O–H groups in total. The molecule has 0 spiro atoms. The highest BCUT2D eigenvalue weighted by atomic mass is 32.1. The van der Waals surface area contributed by atoms with E-state index in [0.717, 1.165) is 21.7 Å². The highest BCUT2D eigenvalue weighted by Gasteiger charge is 2.29. The van der Waals surface area contributed by atoms with Gasteiger partial charge in [0.1, 0.15) is 11.2 Å². The fourth-order valence-electron chi connectivity index (χ4n) is 2.93. The first kappa shape index (κ1) is 15.5. The molecule has 0 radical (unpaired) electrons. The second kappa shape index (κ2) is 6.14. The number of nitrogens with one attached hydrogen (secondary N) is 2. The molecule has 0 aliphatic carbocycles. The molecule has 4 rings (SSSR count). The van der Waals surface area contributed by atoms with E-state index in [1.54, 1.807) is 18.2 Å². The maximum atomic E-state index is 12.7. The third-order valence-electron chi connectivity index (χ3n) is 4.19. The van der Waals surface area contributed by atoms with Crippen LogP contribution in [0.1, 0.15) is 22.1 Å². The Bertz CT molecular complexity index is 937. The van der Waals surface area contributed by atoms with E-state index in [1.807, 2.05) is 35.7 Å². The van der Waals surface area contributed by atoms with Crippen molar-refractivity contribution in [2.24, 2.45) is 0 Å². The van der Waals surface area contributed by atoms with Crippen molar-refractivity contribution in [1.82, 2.24) is 5.32 Å². The normalized spacial score (nSPS) is 15.9. The maximum Gasteiger partial charge on any atom is 0.256 e. The van der Waals surface area contributed by atoms with E-state index in [0.29, 0.717) is 11.3 Å². The summed E-state index contributed by atoms with van der Waals surface area (Å²) < 4.78 is 5.15. The van der Waals surface area contributed by atoms with Gasteiger partial charge in [0.05, 0.1) is 12.7 Å². The lowest BCUT2D eigenvalue weighted by molar-refractivity contribution is 0.0937. The van der Waals surface area contributed by atoms with Crippen LogP contribution in [0.3, 0.4) is 0 Å². The van der Waals surface area contributed by atoms with Gasteiger partial charge in [0, 0.05) is 10.9 Å². The minimum absolute atomic E-state index is 0.0663. The van der Waals surface area contributed by atoms with Crippen molar-refractivity contribution in [3.05, 3.63) is 65.0 Å². The number of phenols is 1. The fraction of sp³-hybridized carbons (Fsp3) is 0.105. The van der Waals surface area contributed by atoms with Crippen LogP contribution in [0.25, 0.3) is 11.1 Å². The second-order valence-corrected chi connectivity index (χ2v) is 6.58. The second-order valence-electron chi connectivity index (χ2n) is 5.70. The van der Waals surface area contributed by atoms with E-state index in [-0.39, 0.29) is 17.8 Å². The first-order valence-electron chi connectivity index (χ1n) is 7.78. The lowest BCUT2D eigenvalue weighted by atomic mass is 10.0. The lowest BCUT2D eigenvalue weighted by Gasteiger charge is -2.27. The van der Waals surface area contributed by atoms with Crippen molar-refractivity contribution < 1.29 is 14.6 Å². The zero-order valence-electron chi connectivity index (χ0n) is 13.4. The molecule has 25 heavy (non-hydrogen) atoms. The summed E-state index contributed by atoms with van der Waals surface area (Å²) in [6.07, 6.45) is -0.378. The van der Waals surface area contributed by atoms with Crippen molar-refractivity contribution in [2.45, 2.75) is 6.17 Å². The first-order chi connectivity index (χ1) is 12.2. The molecule has 1 amide bonds. The molecule has 5 nitrogen and oxygen atoms in total. The predicted octanol–water partition coefficient (Wildman–Crippen LogP) is 3.98. The molecule has 0 unspecified atom stereocenters. The van der Waals surface area contributed by atoms with Crippen LogP contribution in [-0.2, 0) is 0 Å². The summed E-state index contributed by atoms with van der Waals surface area (Å²) in [6, 6.07) is 14.9. The SMILES string of the molecule is COc1cc([C@@H]2NC(=O)c3c(-c4ccccc4)csc3N2)ccc1O. The molecular formula is C19H16N2O3S. The molecule has 1 aliphatic heterocycles. The number of hydrogen-bond acceptors (Lipinski definition) is 5. The lowest BCUT2D eigenvalue weighted by Crippen LogP contribution is -2.37. The molecule has 1 aromatic heterocycles. The highest BCUT2D eigenvalue weighted by Crippen LogP contribution is 2.40. The number of anilines is 1. The molecule has 0 bridgehead atoms. The summed E-state index contributed by atoms with van der Waals surface area (Å²) in [4.78, 5) is 12.7. The van der Waals surface area contributed by atoms with E-state index in [9.17, 15) is 9.90 Å². The van der Waals surface area contributed by atoms with Crippen LogP contribution >= 0.6 is 11.3 Å². The number of hydrogen-bond donors (Lipinski definition) is 3. The third kappa shape index (κ3) is 2.70. The monoisotopic (exact) mass is 352 g/mol. The molecule has 3 aromatic rings. The zero-order valence-corrected chi connectivity index (χ0v) is 14.3. The van der Waals surface area contributed by atoms with Gasteiger partial charge in [0.25, 0.3) is 5.91 Å². The van der Waals surface area contributed by atoms with Crippen molar-refractivity contribution in [1.29, 1.82) is 0 Å². The molecule has 0 saturated carbocycles. The van der Waals surface area contributed by atoms with E-state index in [2.05, 4.69) is 10.6 Å². The number of ether oxygens (including phenoxy) is 1. The number of carbonyl (C=O) groups is 1. The Kier molecular flexibility index (Phi) is 3.82. The molecular weight excluding hydrogens is 336 g/mol. The Hall–Kier alpha value is -2.99. The average Bonchev–Trinajstić information content (AvgIpc) is 3.07. The quantitative estimate of drug-likeness (QED) is 0.667. The van der Waals surface area contributed by atoms with E-state index in [1.165, 1.54) is 18.4 Å². The molecule has 6 heteroatoms. The van der Waals surface area contributed by atoms with Gasteiger partial charge in [-0.25, -0.2) is 0 Å². The van der Waals surface area contributed by atoms with Crippen molar-refractivity contribution in [3.8, 4) is 22.6 Å². The Morgan fingerprint density at radius 1 is 1.12 bits per heavy atom. The number of benzene rings is 2. The Morgan fingerprint density at radius 2 is 1.92 bits per heavy atom. The van der Waals surface area contributed by atoms with Gasteiger partial charge < -0.3 is 20.5 Å². The van der Waals surface area contributed by atoms with Gasteiger partial charge in [-0.3, -0.25) is 4.79 Å². The summed E-state index contributed by atoms with van der Waals surface area (Å²) in [5.41, 5.74) is 3.41. The van der Waals surface area contributed by atoms with Gasteiger partial charge in [0.2, 0.25) is 0 Å². The minimum atomic E-state index is -0.378. The van der Waals surface area contributed by atoms with E-state index in [4.69, 9.17) is 4.74 Å². The van der Waals surface area contributed by atoms with Gasteiger partial charge >= 0.3 is 0 Å². The Morgan fingerprint density at radius 3 is 2.68 bits per heavy atom. The molecule has 1 atom stereocenters. The maximum absolute atomic E-state index is 12.7. The van der Waals surface area contributed by atoms with Crippen LogP contribution in [-0.4, -0.2) is 18.1 Å². The first-order valence-corrected chi connectivity index (χ1v) is 8.66. The van der Waals surface area contributed by atoms with Crippen molar-refractivity contribution in [3.63, 3.8) is 0 Å². The number of methoxy groups -OCH3 is 1. The third-order valence-corrected chi connectivity index (χ3v) is 5.10. The number of aromatic hydroxyl groups is 1. The van der Waals surface area contributed by atoms with Gasteiger partial charge in [-0.1, -0.05) is 36.4 Å². The summed E-state index contributed by atoms with van der Waals surface area (Å²) >= 11 is 1.51. The number of rotatable bonds is 3. The molecule has 2 heterocycles. The van der Waals surface area contributed by atoms with Crippen LogP contribution in [0.2, 0.25) is 0 Å². The summed E-state index contributed by atoms with van der Waals surface area (Å²) in [7, 11) is 1.50. The molecule has 2 aromatic carbocycles. The Labute approximate surface area is 148 Å². The van der Waals surface area contributed by atoms with Crippen molar-refractivity contribution in [2.75, 3.05) is 12.4 Å². The summed E-state index contributed by atoms with van der Waals surface area (Å²) in [6.45, 7) is 0. The highest BCUT2D eigenvalue weighted by molar-refractivity contribution is 7.15. The number of fused-ring (bicyclic) bond motifs is 1. The standard InChI is InChI=1S/C19H16N2O3S/c1-24-15-9-12(7-8-14(15)22)17-20-18(23)16-13(10-25-19(16)21-17)11-5-3-2-4-6-11/h2-10,17,21-22H,1H3,(H,20,23)/t17-/m1/s1. The number of carbonyl (C=O) groups excluding carboxylic acids is 1. The molecule has 0 saturated heterocycles. The molecule has 0 fully saturated rings. The topological polar surface area (TPSA) is 70.6 Å². The van der Waals surface area contributed by atoms with Crippen LogP contribution in [0.15, 0.2) is 53.9 Å². The molecule has 126 valence electrons.